The summed E-state index contributed by atoms with van der Waals surface area (Å²) in [6.07, 6.45) is 2.09. The van der Waals surface area contributed by atoms with Gasteiger partial charge in [0.1, 0.15) is 0 Å². The molecular formula is C17H22ClN3O2. The molecule has 23 heavy (non-hydrogen) atoms. The molecule has 3 rings (SSSR count). The van der Waals surface area contributed by atoms with Gasteiger partial charge < -0.3 is 10.2 Å². The SMILES string of the molecule is Cc1cc(Cl)ccc1NC(=O)CN1CCN(C(=O)C2CC2)CC1. The van der Waals surface area contributed by atoms with Gasteiger partial charge in [0.15, 0.2) is 0 Å². The number of piperazine rings is 1. The first-order valence-electron chi connectivity index (χ1n) is 8.10. The van der Waals surface area contributed by atoms with Crippen LogP contribution in [0.25, 0.3) is 0 Å². The molecule has 6 heteroatoms. The highest BCUT2D eigenvalue weighted by atomic mass is 35.5. The maximum atomic E-state index is 12.2. The van der Waals surface area contributed by atoms with Crippen LogP contribution in [0.3, 0.4) is 0 Å². The number of anilines is 1. The van der Waals surface area contributed by atoms with Gasteiger partial charge in [-0.2, -0.15) is 0 Å². The van der Waals surface area contributed by atoms with Crippen LogP contribution < -0.4 is 5.32 Å². The molecule has 5 nitrogen and oxygen atoms in total. The van der Waals surface area contributed by atoms with Gasteiger partial charge in [0.25, 0.3) is 0 Å². The largest absolute Gasteiger partial charge is 0.340 e. The number of nitrogens with zero attached hydrogens (tertiary/aromatic N) is 2. The van der Waals surface area contributed by atoms with Gasteiger partial charge >= 0.3 is 0 Å². The number of aryl methyl sites for hydroxylation is 1. The lowest BCUT2D eigenvalue weighted by Crippen LogP contribution is -2.50. The highest BCUT2D eigenvalue weighted by Crippen LogP contribution is 2.31. The zero-order valence-electron chi connectivity index (χ0n) is 13.3. The molecule has 0 aromatic heterocycles. The highest BCUT2D eigenvalue weighted by Gasteiger charge is 2.34. The number of amides is 2. The number of carbonyl (C=O) groups excluding carboxylic acids is 2. The van der Waals surface area contributed by atoms with Gasteiger partial charge in [-0.3, -0.25) is 14.5 Å². The molecule has 1 aromatic rings. The fourth-order valence-corrected chi connectivity index (χ4v) is 3.10. The van der Waals surface area contributed by atoms with E-state index in [1.54, 1.807) is 6.07 Å². The molecule has 1 aromatic carbocycles. The van der Waals surface area contributed by atoms with Crippen molar-refractivity contribution in [2.24, 2.45) is 5.92 Å². The first-order chi connectivity index (χ1) is 11.0. The van der Waals surface area contributed by atoms with Crippen LogP contribution in [0, 0.1) is 12.8 Å². The summed E-state index contributed by atoms with van der Waals surface area (Å²) >= 11 is 5.92. The van der Waals surface area contributed by atoms with Gasteiger partial charge in [0, 0.05) is 42.8 Å². The second-order valence-electron chi connectivity index (χ2n) is 6.38. The second-order valence-corrected chi connectivity index (χ2v) is 6.82. The summed E-state index contributed by atoms with van der Waals surface area (Å²) in [5, 5.41) is 3.59. The maximum absolute atomic E-state index is 12.2. The Morgan fingerprint density at radius 2 is 1.91 bits per heavy atom. The average molecular weight is 336 g/mol. The third-order valence-corrected chi connectivity index (χ3v) is 4.68. The van der Waals surface area contributed by atoms with Crippen molar-refractivity contribution in [2.75, 3.05) is 38.0 Å². The molecule has 0 radical (unpaired) electrons. The summed E-state index contributed by atoms with van der Waals surface area (Å²) in [5.41, 5.74) is 1.74. The second kappa shape index (κ2) is 6.89. The lowest BCUT2D eigenvalue weighted by molar-refractivity contribution is -0.134. The number of carbonyl (C=O) groups is 2. The van der Waals surface area contributed by atoms with E-state index in [9.17, 15) is 9.59 Å². The van der Waals surface area contributed by atoms with E-state index in [1.807, 2.05) is 24.0 Å². The van der Waals surface area contributed by atoms with E-state index in [1.165, 1.54) is 0 Å². The molecule has 2 amide bonds. The molecule has 1 aliphatic carbocycles. The van der Waals surface area contributed by atoms with Gasteiger partial charge in [0.2, 0.25) is 11.8 Å². The summed E-state index contributed by atoms with van der Waals surface area (Å²) in [4.78, 5) is 28.2. The van der Waals surface area contributed by atoms with Gasteiger partial charge in [-0.25, -0.2) is 0 Å². The molecule has 0 unspecified atom stereocenters. The fourth-order valence-electron chi connectivity index (χ4n) is 2.88. The number of rotatable bonds is 4. The number of hydrogen-bond donors (Lipinski definition) is 1. The van der Waals surface area contributed by atoms with Crippen molar-refractivity contribution in [1.29, 1.82) is 0 Å². The third-order valence-electron chi connectivity index (χ3n) is 4.44. The molecule has 0 spiro atoms. The highest BCUT2D eigenvalue weighted by molar-refractivity contribution is 6.30. The molecule has 0 bridgehead atoms. The zero-order valence-corrected chi connectivity index (χ0v) is 14.1. The first-order valence-corrected chi connectivity index (χ1v) is 8.48. The number of hydrogen-bond acceptors (Lipinski definition) is 3. The van der Waals surface area contributed by atoms with E-state index in [-0.39, 0.29) is 11.8 Å². The molecule has 2 fully saturated rings. The van der Waals surface area contributed by atoms with Gasteiger partial charge in [0.05, 0.1) is 6.54 Å². The Hall–Kier alpha value is -1.59. The molecule has 1 heterocycles. The molecular weight excluding hydrogens is 314 g/mol. The molecule has 1 aliphatic heterocycles. The summed E-state index contributed by atoms with van der Waals surface area (Å²) in [6, 6.07) is 5.42. The molecule has 124 valence electrons. The molecule has 1 N–H and O–H groups in total. The van der Waals surface area contributed by atoms with Crippen molar-refractivity contribution in [2.45, 2.75) is 19.8 Å². The predicted octanol–water partition coefficient (Wildman–Crippen LogP) is 2.14. The summed E-state index contributed by atoms with van der Waals surface area (Å²) < 4.78 is 0. The van der Waals surface area contributed by atoms with Gasteiger partial charge in [-0.05, 0) is 43.5 Å². The third kappa shape index (κ3) is 4.24. The molecule has 1 saturated carbocycles. The van der Waals surface area contributed by atoms with Gasteiger partial charge in [-0.15, -0.1) is 0 Å². The van der Waals surface area contributed by atoms with Gasteiger partial charge in [-0.1, -0.05) is 11.6 Å². The minimum Gasteiger partial charge on any atom is -0.340 e. The van der Waals surface area contributed by atoms with Crippen LogP contribution in [-0.2, 0) is 9.59 Å². The molecule has 1 saturated heterocycles. The van der Waals surface area contributed by atoms with Crippen molar-refractivity contribution < 1.29 is 9.59 Å². The van der Waals surface area contributed by atoms with Crippen LogP contribution in [0.5, 0.6) is 0 Å². The number of benzene rings is 1. The van der Waals surface area contributed by atoms with Crippen molar-refractivity contribution in [3.8, 4) is 0 Å². The van der Waals surface area contributed by atoms with Crippen LogP contribution in [0.4, 0.5) is 5.69 Å². The van der Waals surface area contributed by atoms with E-state index in [4.69, 9.17) is 11.6 Å². The van der Waals surface area contributed by atoms with Crippen molar-refractivity contribution >= 4 is 29.1 Å². The van der Waals surface area contributed by atoms with Crippen molar-refractivity contribution in [1.82, 2.24) is 9.80 Å². The Balaban J connectivity index is 1.46. The minimum absolute atomic E-state index is 0.0302. The predicted molar refractivity (Wildman–Crippen MR) is 90.6 cm³/mol. The van der Waals surface area contributed by atoms with E-state index in [0.717, 1.165) is 50.3 Å². The average Bonchev–Trinajstić information content (AvgIpc) is 3.35. The monoisotopic (exact) mass is 335 g/mol. The lowest BCUT2D eigenvalue weighted by Gasteiger charge is -2.34. The van der Waals surface area contributed by atoms with E-state index < -0.39 is 0 Å². The number of nitrogens with one attached hydrogen (secondary N) is 1. The van der Waals surface area contributed by atoms with E-state index >= 15 is 0 Å². The topological polar surface area (TPSA) is 52.7 Å². The van der Waals surface area contributed by atoms with E-state index in [0.29, 0.717) is 17.5 Å². The zero-order chi connectivity index (χ0) is 16.4. The van der Waals surface area contributed by atoms with Crippen molar-refractivity contribution in [3.63, 3.8) is 0 Å². The maximum Gasteiger partial charge on any atom is 0.238 e. The normalized spacial score (nSPS) is 18.8. The Morgan fingerprint density at radius 1 is 1.22 bits per heavy atom. The minimum atomic E-state index is -0.0302. The Kier molecular flexibility index (Phi) is 4.87. The first kappa shape index (κ1) is 16.3. The standard InChI is InChI=1S/C17H22ClN3O2/c1-12-10-14(18)4-5-15(12)19-16(22)11-20-6-8-21(9-7-20)17(23)13-2-3-13/h4-5,10,13H,2-3,6-9,11H2,1H3,(H,19,22). The summed E-state index contributed by atoms with van der Waals surface area (Å²) in [7, 11) is 0. The number of halogens is 1. The van der Waals surface area contributed by atoms with Crippen LogP contribution in [0.1, 0.15) is 18.4 Å². The lowest BCUT2D eigenvalue weighted by atomic mass is 10.2. The van der Waals surface area contributed by atoms with Crippen LogP contribution in [-0.4, -0.2) is 54.3 Å². The van der Waals surface area contributed by atoms with Crippen LogP contribution >= 0.6 is 11.6 Å². The Bertz CT molecular complexity index is 608. The van der Waals surface area contributed by atoms with Crippen LogP contribution in [0.2, 0.25) is 5.02 Å². The Morgan fingerprint density at radius 3 is 2.52 bits per heavy atom. The van der Waals surface area contributed by atoms with Crippen LogP contribution in [0.15, 0.2) is 18.2 Å². The quantitative estimate of drug-likeness (QED) is 0.917. The summed E-state index contributed by atoms with van der Waals surface area (Å²) in [5.74, 6) is 0.543. The van der Waals surface area contributed by atoms with Crippen molar-refractivity contribution in [3.05, 3.63) is 28.8 Å². The Labute approximate surface area is 141 Å². The molecule has 2 aliphatic rings. The summed E-state index contributed by atoms with van der Waals surface area (Å²) in [6.45, 7) is 5.24. The smallest absolute Gasteiger partial charge is 0.238 e. The molecule has 0 atom stereocenters. The van der Waals surface area contributed by atoms with E-state index in [2.05, 4.69) is 10.2 Å². The fraction of sp³-hybridized carbons (Fsp3) is 0.529.